The Morgan fingerprint density at radius 1 is 1.40 bits per heavy atom. The molecular formula is C16H17F2N5OS. The zero-order valence-electron chi connectivity index (χ0n) is 14.0. The SMILES string of the molecule is CC[C@@H](C)n1c(=S)[nH]c(=O)c2c(C(F)F)cc(-c3cnn(C)c3)nc21. The Morgan fingerprint density at radius 3 is 2.68 bits per heavy atom. The average Bonchev–Trinajstić information content (AvgIpc) is 2.99. The van der Waals surface area contributed by atoms with Crippen LogP contribution in [0.15, 0.2) is 23.3 Å². The number of rotatable bonds is 4. The fraction of sp³-hybridized carbons (Fsp3) is 0.375. The van der Waals surface area contributed by atoms with Crippen LogP contribution in [0.2, 0.25) is 0 Å². The molecule has 9 heteroatoms. The molecule has 0 aliphatic heterocycles. The molecule has 132 valence electrons. The lowest BCUT2D eigenvalue weighted by atomic mass is 10.1. The molecule has 6 nitrogen and oxygen atoms in total. The summed E-state index contributed by atoms with van der Waals surface area (Å²) in [4.78, 5) is 19.3. The number of halogens is 2. The van der Waals surface area contributed by atoms with Crippen molar-refractivity contribution in [1.82, 2.24) is 24.3 Å². The predicted octanol–water partition coefficient (Wildman–Crippen LogP) is 3.76. The summed E-state index contributed by atoms with van der Waals surface area (Å²) in [5.41, 5.74) is 0.0677. The normalized spacial score (nSPS) is 12.9. The molecule has 0 bridgehead atoms. The Balaban J connectivity index is 2.47. The summed E-state index contributed by atoms with van der Waals surface area (Å²) in [5, 5.41) is 3.92. The summed E-state index contributed by atoms with van der Waals surface area (Å²) in [7, 11) is 1.73. The zero-order chi connectivity index (χ0) is 18.3. The maximum atomic E-state index is 13.7. The Kier molecular flexibility index (Phi) is 4.51. The van der Waals surface area contributed by atoms with Gasteiger partial charge in [-0.15, -0.1) is 0 Å². The number of aromatic nitrogens is 5. The van der Waals surface area contributed by atoms with Gasteiger partial charge < -0.3 is 0 Å². The standard InChI is InChI=1S/C16H17F2N5OS/c1-4-8(2)23-14-12(15(24)21-16(23)25)10(13(17)18)5-11(20-14)9-6-19-22(3)7-9/h5-8,13H,4H2,1-3H3,(H,21,24,25)/t8-/m1/s1. The fourth-order valence-corrected chi connectivity index (χ4v) is 3.10. The molecule has 1 N–H and O–H groups in total. The smallest absolute Gasteiger partial charge is 0.264 e. The van der Waals surface area contributed by atoms with Gasteiger partial charge in [-0.05, 0) is 31.6 Å². The Hall–Kier alpha value is -2.42. The van der Waals surface area contributed by atoms with Gasteiger partial charge in [-0.1, -0.05) is 6.92 Å². The number of aryl methyl sites for hydroxylation is 1. The van der Waals surface area contributed by atoms with Crippen molar-refractivity contribution >= 4 is 23.3 Å². The Labute approximate surface area is 147 Å². The molecule has 0 aliphatic carbocycles. The predicted molar refractivity (Wildman–Crippen MR) is 93.3 cm³/mol. The van der Waals surface area contributed by atoms with E-state index in [1.807, 2.05) is 13.8 Å². The van der Waals surface area contributed by atoms with Crippen LogP contribution in [-0.2, 0) is 7.05 Å². The monoisotopic (exact) mass is 365 g/mol. The molecule has 0 fully saturated rings. The fourth-order valence-electron chi connectivity index (χ4n) is 2.74. The van der Waals surface area contributed by atoms with E-state index in [2.05, 4.69) is 15.1 Å². The Bertz CT molecular complexity index is 1050. The summed E-state index contributed by atoms with van der Waals surface area (Å²) >= 11 is 5.25. The number of aromatic amines is 1. The van der Waals surface area contributed by atoms with E-state index in [9.17, 15) is 13.6 Å². The molecule has 3 aromatic rings. The van der Waals surface area contributed by atoms with Crippen LogP contribution >= 0.6 is 12.2 Å². The second kappa shape index (κ2) is 6.47. The summed E-state index contributed by atoms with van der Waals surface area (Å²) in [6, 6.07) is 1.14. The van der Waals surface area contributed by atoms with Crippen molar-refractivity contribution in [2.45, 2.75) is 32.7 Å². The van der Waals surface area contributed by atoms with Gasteiger partial charge in [-0.2, -0.15) is 5.10 Å². The van der Waals surface area contributed by atoms with Crippen molar-refractivity contribution in [1.29, 1.82) is 0 Å². The molecule has 0 aromatic carbocycles. The molecule has 0 radical (unpaired) electrons. The van der Waals surface area contributed by atoms with Crippen LogP contribution in [0.4, 0.5) is 8.78 Å². The van der Waals surface area contributed by atoms with E-state index in [0.29, 0.717) is 17.7 Å². The second-order valence-electron chi connectivity index (χ2n) is 5.89. The van der Waals surface area contributed by atoms with Gasteiger partial charge in [-0.25, -0.2) is 13.8 Å². The lowest BCUT2D eigenvalue weighted by Crippen LogP contribution is -2.19. The van der Waals surface area contributed by atoms with Gasteiger partial charge in [0.2, 0.25) is 0 Å². The molecule has 0 aliphatic rings. The van der Waals surface area contributed by atoms with Crippen LogP contribution in [0.5, 0.6) is 0 Å². The number of nitrogens with zero attached hydrogens (tertiary/aromatic N) is 4. The molecular weight excluding hydrogens is 348 g/mol. The topological polar surface area (TPSA) is 68.5 Å². The summed E-state index contributed by atoms with van der Waals surface area (Å²) < 4.78 is 30.7. The van der Waals surface area contributed by atoms with Crippen molar-refractivity contribution in [3.05, 3.63) is 39.1 Å². The highest BCUT2D eigenvalue weighted by atomic mass is 32.1. The number of alkyl halides is 2. The van der Waals surface area contributed by atoms with E-state index < -0.39 is 12.0 Å². The zero-order valence-corrected chi connectivity index (χ0v) is 14.8. The minimum Gasteiger partial charge on any atom is -0.300 e. The third kappa shape index (κ3) is 2.99. The van der Waals surface area contributed by atoms with E-state index in [4.69, 9.17) is 12.2 Å². The van der Waals surface area contributed by atoms with Crippen molar-refractivity contribution in [2.75, 3.05) is 0 Å². The largest absolute Gasteiger partial charge is 0.300 e. The molecule has 25 heavy (non-hydrogen) atoms. The number of fused-ring (bicyclic) bond motifs is 1. The van der Waals surface area contributed by atoms with Gasteiger partial charge in [-0.3, -0.25) is 19.0 Å². The molecule has 0 unspecified atom stereocenters. The number of nitrogens with one attached hydrogen (secondary N) is 1. The molecule has 0 amide bonds. The minimum atomic E-state index is -2.82. The number of H-pyrrole nitrogens is 1. The molecule has 3 rings (SSSR count). The quantitative estimate of drug-likeness (QED) is 0.715. The molecule has 0 spiro atoms. The van der Waals surface area contributed by atoms with Gasteiger partial charge in [0.25, 0.3) is 12.0 Å². The van der Waals surface area contributed by atoms with Gasteiger partial charge in [0, 0.05) is 30.4 Å². The number of hydrogen-bond acceptors (Lipinski definition) is 4. The van der Waals surface area contributed by atoms with Gasteiger partial charge >= 0.3 is 0 Å². The molecule has 3 heterocycles. The highest BCUT2D eigenvalue weighted by Crippen LogP contribution is 2.30. The average molecular weight is 365 g/mol. The van der Waals surface area contributed by atoms with Crippen LogP contribution < -0.4 is 5.56 Å². The van der Waals surface area contributed by atoms with E-state index in [1.54, 1.807) is 28.7 Å². The van der Waals surface area contributed by atoms with E-state index in [0.717, 1.165) is 0 Å². The van der Waals surface area contributed by atoms with Crippen molar-refractivity contribution in [3.8, 4) is 11.3 Å². The molecule has 3 aromatic heterocycles. The maximum Gasteiger partial charge on any atom is 0.264 e. The van der Waals surface area contributed by atoms with Crippen molar-refractivity contribution in [2.24, 2.45) is 7.05 Å². The lowest BCUT2D eigenvalue weighted by Gasteiger charge is -2.18. The van der Waals surface area contributed by atoms with E-state index in [-0.39, 0.29) is 27.4 Å². The van der Waals surface area contributed by atoms with E-state index in [1.165, 1.54) is 6.07 Å². The van der Waals surface area contributed by atoms with Crippen LogP contribution in [0.25, 0.3) is 22.3 Å². The first-order valence-corrected chi connectivity index (χ1v) is 8.21. The van der Waals surface area contributed by atoms with E-state index >= 15 is 0 Å². The van der Waals surface area contributed by atoms with Gasteiger partial charge in [0.15, 0.2) is 4.77 Å². The van der Waals surface area contributed by atoms with Crippen molar-refractivity contribution < 1.29 is 8.78 Å². The van der Waals surface area contributed by atoms with Gasteiger partial charge in [0.05, 0.1) is 17.3 Å². The Morgan fingerprint density at radius 2 is 2.12 bits per heavy atom. The summed E-state index contributed by atoms with van der Waals surface area (Å²) in [5.74, 6) is 0. The highest BCUT2D eigenvalue weighted by Gasteiger charge is 2.21. The van der Waals surface area contributed by atoms with Crippen LogP contribution in [0.3, 0.4) is 0 Å². The van der Waals surface area contributed by atoms with Crippen LogP contribution in [-0.4, -0.2) is 24.3 Å². The highest BCUT2D eigenvalue weighted by molar-refractivity contribution is 7.71. The number of hydrogen-bond donors (Lipinski definition) is 1. The van der Waals surface area contributed by atoms with Crippen LogP contribution in [0, 0.1) is 4.77 Å². The second-order valence-corrected chi connectivity index (χ2v) is 6.27. The third-order valence-electron chi connectivity index (χ3n) is 4.19. The minimum absolute atomic E-state index is 0.103. The third-order valence-corrected chi connectivity index (χ3v) is 4.49. The number of pyridine rings is 1. The summed E-state index contributed by atoms with van der Waals surface area (Å²) in [6.07, 6.45) is 1.11. The first-order chi connectivity index (χ1) is 11.8. The molecule has 1 atom stereocenters. The lowest BCUT2D eigenvalue weighted by molar-refractivity contribution is 0.153. The van der Waals surface area contributed by atoms with Crippen molar-refractivity contribution in [3.63, 3.8) is 0 Å². The van der Waals surface area contributed by atoms with Crippen LogP contribution in [0.1, 0.15) is 38.3 Å². The summed E-state index contributed by atoms with van der Waals surface area (Å²) in [6.45, 7) is 3.84. The first-order valence-electron chi connectivity index (χ1n) is 7.80. The first kappa shape index (κ1) is 17.4. The van der Waals surface area contributed by atoms with Gasteiger partial charge in [0.1, 0.15) is 5.65 Å². The molecule has 0 saturated heterocycles. The maximum absolute atomic E-state index is 13.7. The molecule has 0 saturated carbocycles.